The third-order valence-corrected chi connectivity index (χ3v) is 6.43. The summed E-state index contributed by atoms with van der Waals surface area (Å²) >= 11 is 8.60. The number of hydrogen-bond acceptors (Lipinski definition) is 3. The Kier molecular flexibility index (Phi) is 4.28. The van der Waals surface area contributed by atoms with E-state index in [4.69, 9.17) is 5.73 Å². The molecule has 1 aliphatic rings. The molecule has 1 saturated heterocycles. The Balaban J connectivity index is 2.35. The Hall–Kier alpha value is 0.0900. The van der Waals surface area contributed by atoms with Crippen LogP contribution >= 0.6 is 43.2 Å². The van der Waals surface area contributed by atoms with Crippen molar-refractivity contribution in [1.29, 1.82) is 0 Å². The van der Waals surface area contributed by atoms with E-state index in [1.165, 1.54) is 0 Å². The summed E-state index contributed by atoms with van der Waals surface area (Å²) in [5.41, 5.74) is 6.21. The van der Waals surface area contributed by atoms with Crippen LogP contribution < -0.4 is 5.73 Å². The highest BCUT2D eigenvalue weighted by atomic mass is 79.9. The van der Waals surface area contributed by atoms with Gasteiger partial charge in [0.15, 0.2) is 0 Å². The number of nitrogens with zero attached hydrogens (tertiary/aromatic N) is 1. The SMILES string of the molecule is CN1C(=O)CCCC(N)C1c1cc(Br)c(Br)s1. The third-order valence-electron chi connectivity index (χ3n) is 3.10. The minimum atomic E-state index is -0.00222. The van der Waals surface area contributed by atoms with Gasteiger partial charge >= 0.3 is 0 Å². The molecule has 0 spiro atoms. The second-order valence-corrected chi connectivity index (χ2v) is 7.53. The molecule has 17 heavy (non-hydrogen) atoms. The molecule has 2 atom stereocenters. The fourth-order valence-electron chi connectivity index (χ4n) is 2.18. The van der Waals surface area contributed by atoms with Gasteiger partial charge in [0.2, 0.25) is 5.91 Å². The van der Waals surface area contributed by atoms with Crippen molar-refractivity contribution in [2.45, 2.75) is 31.3 Å². The van der Waals surface area contributed by atoms with Crippen molar-refractivity contribution in [3.05, 3.63) is 19.2 Å². The van der Waals surface area contributed by atoms with E-state index in [9.17, 15) is 4.79 Å². The predicted molar refractivity (Wildman–Crippen MR) is 77.1 cm³/mol. The third kappa shape index (κ3) is 2.75. The first kappa shape index (κ1) is 13.5. The van der Waals surface area contributed by atoms with Gasteiger partial charge in [-0.3, -0.25) is 4.79 Å². The summed E-state index contributed by atoms with van der Waals surface area (Å²) in [6.07, 6.45) is 2.39. The molecule has 94 valence electrons. The number of amides is 1. The zero-order valence-corrected chi connectivity index (χ0v) is 13.4. The Labute approximate surface area is 122 Å². The predicted octanol–water partition coefficient (Wildman–Crippen LogP) is 3.28. The van der Waals surface area contributed by atoms with Gasteiger partial charge in [0.1, 0.15) is 0 Å². The van der Waals surface area contributed by atoms with Crippen LogP contribution in [0.15, 0.2) is 14.3 Å². The summed E-state index contributed by atoms with van der Waals surface area (Å²) < 4.78 is 2.07. The molecule has 2 heterocycles. The number of rotatable bonds is 1. The molecule has 0 aliphatic carbocycles. The van der Waals surface area contributed by atoms with Crippen LogP contribution in [0.1, 0.15) is 30.2 Å². The van der Waals surface area contributed by atoms with Crippen LogP contribution in [0.3, 0.4) is 0 Å². The highest BCUT2D eigenvalue weighted by Gasteiger charge is 2.31. The Bertz CT molecular complexity index is 416. The molecule has 2 N–H and O–H groups in total. The van der Waals surface area contributed by atoms with Crippen molar-refractivity contribution in [3.8, 4) is 0 Å². The summed E-state index contributed by atoms with van der Waals surface area (Å²) in [6.45, 7) is 0. The molecule has 1 aromatic heterocycles. The first-order chi connectivity index (χ1) is 8.00. The first-order valence-electron chi connectivity index (χ1n) is 5.46. The number of likely N-dealkylation sites (tertiary alicyclic amines) is 1. The highest BCUT2D eigenvalue weighted by Crippen LogP contribution is 2.39. The second-order valence-electron chi connectivity index (χ2n) is 4.28. The lowest BCUT2D eigenvalue weighted by atomic mass is 10.0. The largest absolute Gasteiger partial charge is 0.336 e. The van der Waals surface area contributed by atoms with Crippen LogP contribution in [0.5, 0.6) is 0 Å². The van der Waals surface area contributed by atoms with Crippen molar-refractivity contribution < 1.29 is 4.79 Å². The maximum atomic E-state index is 11.9. The van der Waals surface area contributed by atoms with E-state index < -0.39 is 0 Å². The zero-order valence-electron chi connectivity index (χ0n) is 9.45. The minimum Gasteiger partial charge on any atom is -0.336 e. The molecule has 0 aromatic carbocycles. The van der Waals surface area contributed by atoms with Crippen LogP contribution in [0.2, 0.25) is 0 Å². The highest BCUT2D eigenvalue weighted by molar-refractivity contribution is 9.13. The lowest BCUT2D eigenvalue weighted by Crippen LogP contribution is -2.39. The van der Waals surface area contributed by atoms with Crippen LogP contribution in [-0.2, 0) is 4.79 Å². The molecule has 0 bridgehead atoms. The molecule has 1 fully saturated rings. The number of carbonyl (C=O) groups is 1. The topological polar surface area (TPSA) is 46.3 Å². The molecule has 6 heteroatoms. The van der Waals surface area contributed by atoms with Gasteiger partial charge in [-0.05, 0) is 50.8 Å². The second kappa shape index (κ2) is 5.38. The summed E-state index contributed by atoms with van der Waals surface area (Å²) in [5.74, 6) is 0.184. The molecule has 1 aliphatic heterocycles. The zero-order chi connectivity index (χ0) is 12.6. The maximum Gasteiger partial charge on any atom is 0.222 e. The molecule has 3 nitrogen and oxygen atoms in total. The van der Waals surface area contributed by atoms with Crippen LogP contribution in [-0.4, -0.2) is 23.9 Å². The van der Waals surface area contributed by atoms with Crippen LogP contribution in [0.25, 0.3) is 0 Å². The number of nitrogens with two attached hydrogens (primary N) is 1. The van der Waals surface area contributed by atoms with Gasteiger partial charge in [-0.25, -0.2) is 0 Å². The monoisotopic (exact) mass is 380 g/mol. The fourth-order valence-corrected chi connectivity index (χ4v) is 4.49. The lowest BCUT2D eigenvalue weighted by Gasteiger charge is -2.29. The van der Waals surface area contributed by atoms with Gasteiger partial charge in [-0.1, -0.05) is 0 Å². The number of halogens is 2. The summed E-state index contributed by atoms with van der Waals surface area (Å²) in [4.78, 5) is 14.8. The van der Waals surface area contributed by atoms with Gasteiger partial charge in [-0.2, -0.15) is 0 Å². The molecule has 0 saturated carbocycles. The lowest BCUT2D eigenvalue weighted by molar-refractivity contribution is -0.131. The summed E-state index contributed by atoms with van der Waals surface area (Å²) in [5, 5.41) is 0. The number of likely N-dealkylation sites (N-methyl/N-ethyl adjacent to an activating group) is 1. The van der Waals surface area contributed by atoms with E-state index in [1.807, 2.05) is 13.1 Å². The number of hydrogen-bond donors (Lipinski definition) is 1. The van der Waals surface area contributed by atoms with Crippen molar-refractivity contribution in [2.24, 2.45) is 5.73 Å². The molecule has 2 unspecified atom stereocenters. The van der Waals surface area contributed by atoms with Gasteiger partial charge in [0, 0.05) is 28.9 Å². The van der Waals surface area contributed by atoms with Gasteiger partial charge in [0.05, 0.1) is 9.83 Å². The van der Waals surface area contributed by atoms with Gasteiger partial charge < -0.3 is 10.6 Å². The minimum absolute atomic E-state index is 0.00222. The molecule has 1 amide bonds. The Morgan fingerprint density at radius 1 is 1.53 bits per heavy atom. The van der Waals surface area contributed by atoms with E-state index in [0.29, 0.717) is 6.42 Å². The van der Waals surface area contributed by atoms with Crippen LogP contribution in [0, 0.1) is 0 Å². The summed E-state index contributed by atoms with van der Waals surface area (Å²) in [7, 11) is 1.85. The van der Waals surface area contributed by atoms with Crippen molar-refractivity contribution >= 4 is 49.1 Å². The molecular weight excluding hydrogens is 368 g/mol. The van der Waals surface area contributed by atoms with E-state index in [1.54, 1.807) is 16.2 Å². The average Bonchev–Trinajstić information content (AvgIpc) is 2.52. The van der Waals surface area contributed by atoms with Gasteiger partial charge in [0.25, 0.3) is 0 Å². The maximum absolute atomic E-state index is 11.9. The standard InChI is InChI=1S/C11H14Br2N2OS/c1-15-9(16)4-2-3-7(14)10(15)8-5-6(12)11(13)17-8/h5,7,10H,2-4,14H2,1H3. The average molecular weight is 382 g/mol. The number of thiophene rings is 1. The van der Waals surface area contributed by atoms with E-state index in [0.717, 1.165) is 26.0 Å². The normalized spacial score (nSPS) is 26.1. The molecule has 1 aromatic rings. The van der Waals surface area contributed by atoms with Gasteiger partial charge in [-0.15, -0.1) is 11.3 Å². The quantitative estimate of drug-likeness (QED) is 0.811. The molecular formula is C11H14Br2N2OS. The van der Waals surface area contributed by atoms with E-state index in [2.05, 4.69) is 31.9 Å². The van der Waals surface area contributed by atoms with Crippen LogP contribution in [0.4, 0.5) is 0 Å². The fraction of sp³-hybridized carbons (Fsp3) is 0.545. The molecule has 0 radical (unpaired) electrons. The van der Waals surface area contributed by atoms with E-state index in [-0.39, 0.29) is 18.0 Å². The Morgan fingerprint density at radius 3 is 2.82 bits per heavy atom. The first-order valence-corrected chi connectivity index (χ1v) is 7.87. The van der Waals surface area contributed by atoms with Crippen molar-refractivity contribution in [1.82, 2.24) is 4.90 Å². The van der Waals surface area contributed by atoms with Crippen molar-refractivity contribution in [3.63, 3.8) is 0 Å². The number of carbonyl (C=O) groups excluding carboxylic acids is 1. The smallest absolute Gasteiger partial charge is 0.222 e. The molecule has 2 rings (SSSR count). The van der Waals surface area contributed by atoms with E-state index >= 15 is 0 Å². The summed E-state index contributed by atoms with van der Waals surface area (Å²) in [6, 6.07) is 2.07. The Morgan fingerprint density at radius 2 is 2.24 bits per heavy atom. The van der Waals surface area contributed by atoms with Crippen molar-refractivity contribution in [2.75, 3.05) is 7.05 Å².